The maximum atomic E-state index is 2.49. The second kappa shape index (κ2) is 16.2. The van der Waals surface area contributed by atoms with E-state index in [4.69, 9.17) is 0 Å². The van der Waals surface area contributed by atoms with E-state index in [2.05, 4.69) is 192 Å². The summed E-state index contributed by atoms with van der Waals surface area (Å²) in [5.41, 5.74) is 19.0. The molecule has 0 amide bonds. The molecular formula is C56H50N2. The topological polar surface area (TPSA) is 6.48 Å². The number of benzene rings is 8. The minimum Gasteiger partial charge on any atom is -0.310 e. The maximum Gasteiger partial charge on any atom is 0.0470 e. The van der Waals surface area contributed by atoms with Gasteiger partial charge in [-0.3, -0.25) is 0 Å². The molecule has 10 rings (SSSR count). The van der Waals surface area contributed by atoms with Crippen LogP contribution in [0.15, 0.2) is 182 Å². The molecule has 0 bridgehead atoms. The lowest BCUT2D eigenvalue weighted by Crippen LogP contribution is -2.12. The van der Waals surface area contributed by atoms with E-state index in [1.165, 1.54) is 104 Å². The van der Waals surface area contributed by atoms with E-state index in [9.17, 15) is 0 Å². The van der Waals surface area contributed by atoms with E-state index < -0.39 is 0 Å². The highest BCUT2D eigenvalue weighted by molar-refractivity contribution is 5.97. The van der Waals surface area contributed by atoms with Crippen LogP contribution in [0.5, 0.6) is 0 Å². The lowest BCUT2D eigenvalue weighted by Gasteiger charge is -2.29. The van der Waals surface area contributed by atoms with Crippen LogP contribution in [0.25, 0.3) is 10.8 Å². The fourth-order valence-electron chi connectivity index (χ4n) is 9.23. The Labute approximate surface area is 344 Å². The molecule has 0 saturated heterocycles. The van der Waals surface area contributed by atoms with Crippen molar-refractivity contribution in [3.63, 3.8) is 0 Å². The number of aryl methyl sites for hydroxylation is 8. The SMILES string of the molecule is c1ccc(N(c2ccccc2)c2cc(CCCc3ccc4c(c3)CC4)c3cc(N(c4ccccc4)c4ccccc4)cc(CCCc4ccc5c(c4)CC5)c3c2)cc1. The number of rotatable bonds is 14. The summed E-state index contributed by atoms with van der Waals surface area (Å²) >= 11 is 0. The molecular weight excluding hydrogens is 701 g/mol. The second-order valence-corrected chi connectivity index (χ2v) is 16.2. The summed E-state index contributed by atoms with van der Waals surface area (Å²) in [6.45, 7) is 0. The van der Waals surface area contributed by atoms with Crippen LogP contribution < -0.4 is 9.80 Å². The summed E-state index contributed by atoms with van der Waals surface area (Å²) in [4.78, 5) is 4.89. The Balaban J connectivity index is 1.13. The minimum absolute atomic E-state index is 0.994. The van der Waals surface area contributed by atoms with Crippen molar-refractivity contribution in [1.82, 2.24) is 0 Å². The number of anilines is 6. The monoisotopic (exact) mass is 750 g/mol. The van der Waals surface area contributed by atoms with Crippen LogP contribution in [0, 0.1) is 0 Å². The molecule has 284 valence electrons. The Hall–Kier alpha value is -6.38. The van der Waals surface area contributed by atoms with E-state index >= 15 is 0 Å². The van der Waals surface area contributed by atoms with Gasteiger partial charge in [0.15, 0.2) is 0 Å². The molecule has 2 aliphatic carbocycles. The van der Waals surface area contributed by atoms with Gasteiger partial charge in [-0.05, 0) is 192 Å². The van der Waals surface area contributed by atoms with Crippen molar-refractivity contribution in [3.05, 3.63) is 226 Å². The molecule has 0 aromatic heterocycles. The van der Waals surface area contributed by atoms with Gasteiger partial charge >= 0.3 is 0 Å². The number of hydrogen-bond acceptors (Lipinski definition) is 2. The van der Waals surface area contributed by atoms with Crippen molar-refractivity contribution in [3.8, 4) is 0 Å². The second-order valence-electron chi connectivity index (χ2n) is 16.2. The first-order valence-corrected chi connectivity index (χ1v) is 21.3. The standard InChI is InChI=1S/C56H50N2/c1-5-19-49(20-6-1)57(50-21-7-2-8-22-50)53-37-47(17-13-15-41-27-29-43-31-33-45(43)35-41)56-40-54(58(51-23-9-3-10-24-51)52-25-11-4-12-26-52)38-48(55(56)39-53)18-14-16-42-28-30-44-32-34-46(44)36-42/h1-12,19-30,35-40H,13-18,31-34H2. The fraction of sp³-hybridized carbons (Fsp3) is 0.179. The van der Waals surface area contributed by atoms with Crippen LogP contribution in [-0.2, 0) is 51.4 Å². The predicted octanol–water partition coefficient (Wildman–Crippen LogP) is 14.3. The number of para-hydroxylation sites is 4. The van der Waals surface area contributed by atoms with Crippen molar-refractivity contribution in [1.29, 1.82) is 0 Å². The smallest absolute Gasteiger partial charge is 0.0470 e. The molecule has 2 heteroatoms. The van der Waals surface area contributed by atoms with Crippen molar-refractivity contribution in [2.24, 2.45) is 0 Å². The highest BCUT2D eigenvalue weighted by Gasteiger charge is 2.21. The van der Waals surface area contributed by atoms with Crippen LogP contribution in [-0.4, -0.2) is 0 Å². The van der Waals surface area contributed by atoms with E-state index in [0.29, 0.717) is 0 Å². The van der Waals surface area contributed by atoms with Crippen molar-refractivity contribution in [2.75, 3.05) is 9.80 Å². The van der Waals surface area contributed by atoms with E-state index in [1.54, 1.807) is 11.1 Å². The summed E-state index contributed by atoms with van der Waals surface area (Å²) in [6, 6.07) is 67.9. The zero-order valence-electron chi connectivity index (χ0n) is 33.3. The van der Waals surface area contributed by atoms with Crippen LogP contribution in [0.2, 0.25) is 0 Å². The highest BCUT2D eigenvalue weighted by Crippen LogP contribution is 2.43. The van der Waals surface area contributed by atoms with E-state index in [0.717, 1.165) is 38.5 Å². The van der Waals surface area contributed by atoms with Gasteiger partial charge in [-0.1, -0.05) is 109 Å². The van der Waals surface area contributed by atoms with E-state index in [-0.39, 0.29) is 0 Å². The van der Waals surface area contributed by atoms with Gasteiger partial charge in [0.2, 0.25) is 0 Å². The first kappa shape index (κ1) is 36.0. The number of nitrogens with zero attached hydrogens (tertiary/aromatic N) is 2. The first-order chi connectivity index (χ1) is 28.7. The van der Waals surface area contributed by atoms with Crippen molar-refractivity contribution >= 4 is 44.9 Å². The van der Waals surface area contributed by atoms with Crippen LogP contribution in [0.4, 0.5) is 34.1 Å². The molecule has 0 aliphatic heterocycles. The maximum absolute atomic E-state index is 2.49. The normalized spacial score (nSPS) is 12.6. The zero-order chi connectivity index (χ0) is 38.7. The molecule has 8 aromatic rings. The summed E-state index contributed by atoms with van der Waals surface area (Å²) in [6.07, 6.45) is 11.2. The van der Waals surface area contributed by atoms with Crippen LogP contribution in [0.3, 0.4) is 0 Å². The average molecular weight is 751 g/mol. The van der Waals surface area contributed by atoms with Crippen LogP contribution in [0.1, 0.15) is 57.3 Å². The molecule has 0 fully saturated rings. The van der Waals surface area contributed by atoms with Gasteiger partial charge in [0.1, 0.15) is 0 Å². The molecule has 0 saturated carbocycles. The fourth-order valence-corrected chi connectivity index (χ4v) is 9.23. The molecule has 0 spiro atoms. The minimum atomic E-state index is 0.994. The molecule has 0 unspecified atom stereocenters. The average Bonchev–Trinajstić information content (AvgIpc) is 3.25. The van der Waals surface area contributed by atoms with Gasteiger partial charge < -0.3 is 9.80 Å². The Morgan fingerprint density at radius 1 is 0.293 bits per heavy atom. The number of fused-ring (bicyclic) bond motifs is 3. The molecule has 2 aliphatic rings. The zero-order valence-corrected chi connectivity index (χ0v) is 33.3. The van der Waals surface area contributed by atoms with Gasteiger partial charge in [0, 0.05) is 34.1 Å². The molecule has 58 heavy (non-hydrogen) atoms. The van der Waals surface area contributed by atoms with Gasteiger partial charge in [-0.2, -0.15) is 0 Å². The Morgan fingerprint density at radius 3 is 0.948 bits per heavy atom. The highest BCUT2D eigenvalue weighted by atomic mass is 15.1. The molecule has 8 aromatic carbocycles. The third-order valence-electron chi connectivity index (χ3n) is 12.5. The molecule has 0 atom stereocenters. The summed E-state index contributed by atoms with van der Waals surface area (Å²) in [5.74, 6) is 0. The molecule has 0 radical (unpaired) electrons. The quantitative estimate of drug-likeness (QED) is 0.109. The van der Waals surface area contributed by atoms with Crippen molar-refractivity contribution < 1.29 is 0 Å². The summed E-state index contributed by atoms with van der Waals surface area (Å²) in [7, 11) is 0. The Bertz CT molecular complexity index is 2400. The molecule has 0 heterocycles. The molecule has 0 N–H and O–H groups in total. The van der Waals surface area contributed by atoms with Gasteiger partial charge in [0.05, 0.1) is 0 Å². The van der Waals surface area contributed by atoms with E-state index in [1.807, 2.05) is 0 Å². The lowest BCUT2D eigenvalue weighted by atomic mass is 9.86. The van der Waals surface area contributed by atoms with Crippen LogP contribution >= 0.6 is 0 Å². The lowest BCUT2D eigenvalue weighted by molar-refractivity contribution is 0.799. The summed E-state index contributed by atoms with van der Waals surface area (Å²) < 4.78 is 0. The van der Waals surface area contributed by atoms with Crippen molar-refractivity contribution in [2.45, 2.75) is 64.2 Å². The summed E-state index contributed by atoms with van der Waals surface area (Å²) in [5, 5.41) is 2.71. The van der Waals surface area contributed by atoms with Gasteiger partial charge in [0.25, 0.3) is 0 Å². The Kier molecular flexibility index (Phi) is 10.1. The third-order valence-corrected chi connectivity index (χ3v) is 12.5. The first-order valence-electron chi connectivity index (χ1n) is 21.3. The van der Waals surface area contributed by atoms with Gasteiger partial charge in [-0.15, -0.1) is 0 Å². The Morgan fingerprint density at radius 2 is 0.638 bits per heavy atom. The molecule has 2 nitrogen and oxygen atoms in total. The number of hydrogen-bond donors (Lipinski definition) is 0. The largest absolute Gasteiger partial charge is 0.310 e. The third kappa shape index (κ3) is 7.43. The predicted molar refractivity (Wildman–Crippen MR) is 245 cm³/mol. The van der Waals surface area contributed by atoms with Gasteiger partial charge in [-0.25, -0.2) is 0 Å².